The molecule has 0 saturated carbocycles. The van der Waals surface area contributed by atoms with Crippen LogP contribution in [0, 0.1) is 20.8 Å². The summed E-state index contributed by atoms with van der Waals surface area (Å²) in [4.78, 5) is 16.9. The van der Waals surface area contributed by atoms with Crippen molar-refractivity contribution in [2.75, 3.05) is 10.6 Å². The SMILES string of the molecule is Cc1ccc(C)c(N(Cc2ccc(C(=O)NCc3ccc(-n4ccnc4C)cc3)cc2)S(C)(=O)=O)c1. The highest BCUT2D eigenvalue weighted by atomic mass is 32.2. The summed E-state index contributed by atoms with van der Waals surface area (Å²) < 4.78 is 28.5. The van der Waals surface area contributed by atoms with Crippen molar-refractivity contribution in [1.29, 1.82) is 0 Å². The molecule has 7 nitrogen and oxygen atoms in total. The molecule has 1 amide bonds. The zero-order chi connectivity index (χ0) is 25.9. The van der Waals surface area contributed by atoms with Gasteiger partial charge in [0.1, 0.15) is 5.82 Å². The van der Waals surface area contributed by atoms with Crippen molar-refractivity contribution >= 4 is 21.6 Å². The third-order valence-corrected chi connectivity index (χ3v) is 7.20. The topological polar surface area (TPSA) is 84.3 Å². The number of hydrogen-bond acceptors (Lipinski definition) is 4. The molecule has 8 heteroatoms. The minimum atomic E-state index is -3.49. The number of amides is 1. The van der Waals surface area contributed by atoms with Gasteiger partial charge in [-0.1, -0.05) is 36.4 Å². The molecule has 4 aromatic rings. The van der Waals surface area contributed by atoms with Crippen LogP contribution in [0.5, 0.6) is 0 Å². The smallest absolute Gasteiger partial charge is 0.251 e. The van der Waals surface area contributed by atoms with Crippen molar-refractivity contribution in [3.63, 3.8) is 0 Å². The normalized spacial score (nSPS) is 11.3. The number of aromatic nitrogens is 2. The quantitative estimate of drug-likeness (QED) is 0.379. The summed E-state index contributed by atoms with van der Waals surface area (Å²) >= 11 is 0. The highest BCUT2D eigenvalue weighted by Crippen LogP contribution is 2.26. The van der Waals surface area contributed by atoms with Crippen LogP contribution in [0.3, 0.4) is 0 Å². The second-order valence-corrected chi connectivity index (χ2v) is 10.9. The number of nitrogens with one attached hydrogen (secondary N) is 1. The van der Waals surface area contributed by atoms with Crippen LogP contribution >= 0.6 is 0 Å². The van der Waals surface area contributed by atoms with E-state index in [1.165, 1.54) is 10.6 Å². The maximum atomic E-state index is 12.7. The van der Waals surface area contributed by atoms with Gasteiger partial charge < -0.3 is 9.88 Å². The molecular weight excluding hydrogens is 472 g/mol. The summed E-state index contributed by atoms with van der Waals surface area (Å²) in [6.07, 6.45) is 4.88. The number of sulfonamides is 1. The number of carbonyl (C=O) groups excluding carboxylic acids is 1. The van der Waals surface area contributed by atoms with Gasteiger partial charge >= 0.3 is 0 Å². The molecule has 1 N–H and O–H groups in total. The van der Waals surface area contributed by atoms with Crippen LogP contribution < -0.4 is 9.62 Å². The first-order valence-electron chi connectivity index (χ1n) is 11.6. The molecule has 0 bridgehead atoms. The van der Waals surface area contributed by atoms with Crippen molar-refractivity contribution in [2.24, 2.45) is 0 Å². The zero-order valence-corrected chi connectivity index (χ0v) is 21.7. The molecule has 4 rings (SSSR count). The highest BCUT2D eigenvalue weighted by molar-refractivity contribution is 7.92. The van der Waals surface area contributed by atoms with E-state index in [4.69, 9.17) is 0 Å². The third kappa shape index (κ3) is 5.83. The fraction of sp³-hybridized carbons (Fsp3) is 0.214. The monoisotopic (exact) mass is 502 g/mol. The van der Waals surface area contributed by atoms with Gasteiger partial charge in [-0.25, -0.2) is 13.4 Å². The van der Waals surface area contributed by atoms with Gasteiger partial charge in [0.15, 0.2) is 0 Å². The fourth-order valence-corrected chi connectivity index (χ4v) is 4.94. The molecule has 0 aliphatic rings. The molecular formula is C28H30N4O3S. The summed E-state index contributed by atoms with van der Waals surface area (Å²) in [5.41, 5.74) is 5.84. The van der Waals surface area contributed by atoms with Crippen molar-refractivity contribution in [1.82, 2.24) is 14.9 Å². The van der Waals surface area contributed by atoms with Gasteiger partial charge in [-0.05, 0) is 73.4 Å². The number of carbonyl (C=O) groups is 1. The first-order valence-corrected chi connectivity index (χ1v) is 13.5. The number of rotatable bonds is 8. The lowest BCUT2D eigenvalue weighted by molar-refractivity contribution is 0.0951. The fourth-order valence-electron chi connectivity index (χ4n) is 4.01. The number of hydrogen-bond donors (Lipinski definition) is 1. The first kappa shape index (κ1) is 25.2. The van der Waals surface area contributed by atoms with Crippen molar-refractivity contribution in [3.8, 4) is 5.69 Å². The molecule has 0 fully saturated rings. The Morgan fingerprint density at radius 2 is 1.61 bits per heavy atom. The number of nitrogens with zero attached hydrogens (tertiary/aromatic N) is 3. The number of imidazole rings is 1. The summed E-state index contributed by atoms with van der Waals surface area (Å²) in [7, 11) is -3.49. The van der Waals surface area contributed by atoms with Gasteiger partial charge in [0, 0.05) is 30.2 Å². The summed E-state index contributed by atoms with van der Waals surface area (Å²) in [5, 5.41) is 2.94. The summed E-state index contributed by atoms with van der Waals surface area (Å²) in [6, 6.07) is 20.7. The maximum Gasteiger partial charge on any atom is 0.251 e. The van der Waals surface area contributed by atoms with Crippen molar-refractivity contribution < 1.29 is 13.2 Å². The van der Waals surface area contributed by atoms with E-state index in [0.717, 1.165) is 33.8 Å². The van der Waals surface area contributed by atoms with Crippen LogP contribution in [0.25, 0.3) is 5.69 Å². The molecule has 0 aliphatic heterocycles. The molecule has 1 aromatic heterocycles. The Morgan fingerprint density at radius 1 is 0.944 bits per heavy atom. The van der Waals surface area contributed by atoms with Crippen LogP contribution in [0.4, 0.5) is 5.69 Å². The Kier molecular flexibility index (Phi) is 7.26. The average Bonchev–Trinajstić information content (AvgIpc) is 3.28. The predicted molar refractivity (Wildman–Crippen MR) is 143 cm³/mol. The van der Waals surface area contributed by atoms with Gasteiger partial charge in [-0.2, -0.15) is 0 Å². The van der Waals surface area contributed by atoms with E-state index in [1.54, 1.807) is 30.5 Å². The molecule has 0 radical (unpaired) electrons. The van der Waals surface area contributed by atoms with Crippen LogP contribution in [0.2, 0.25) is 0 Å². The molecule has 186 valence electrons. The average molecular weight is 503 g/mol. The lowest BCUT2D eigenvalue weighted by Gasteiger charge is -2.25. The van der Waals surface area contributed by atoms with E-state index < -0.39 is 10.0 Å². The number of aryl methyl sites for hydroxylation is 3. The molecule has 36 heavy (non-hydrogen) atoms. The Morgan fingerprint density at radius 3 is 2.22 bits per heavy atom. The van der Waals surface area contributed by atoms with E-state index in [1.807, 2.05) is 74.0 Å². The lowest BCUT2D eigenvalue weighted by Crippen LogP contribution is -2.30. The highest BCUT2D eigenvalue weighted by Gasteiger charge is 2.20. The molecule has 0 atom stereocenters. The molecule has 0 unspecified atom stereocenters. The van der Waals surface area contributed by atoms with Crippen molar-refractivity contribution in [2.45, 2.75) is 33.9 Å². The third-order valence-electron chi connectivity index (χ3n) is 6.07. The van der Waals surface area contributed by atoms with Gasteiger partial charge in [0.25, 0.3) is 5.91 Å². The van der Waals surface area contributed by atoms with Crippen molar-refractivity contribution in [3.05, 3.63) is 113 Å². The standard InChI is InChI=1S/C28H30N4O3S/c1-20-5-6-21(2)27(17-20)32(36(4,34)35)19-24-7-11-25(12-8-24)28(33)30-18-23-9-13-26(14-10-23)31-16-15-29-22(31)3/h5-17H,18-19H2,1-4H3,(H,30,33). The maximum absolute atomic E-state index is 12.7. The Bertz CT molecular complexity index is 1470. The van der Waals surface area contributed by atoms with Gasteiger partial charge in [0.2, 0.25) is 10.0 Å². The molecule has 0 aliphatic carbocycles. The van der Waals surface area contributed by atoms with Crippen LogP contribution in [-0.2, 0) is 23.1 Å². The Labute approximate surface area is 212 Å². The van der Waals surface area contributed by atoms with Crippen LogP contribution in [0.15, 0.2) is 79.1 Å². The van der Waals surface area contributed by atoms with E-state index >= 15 is 0 Å². The molecule has 0 spiro atoms. The summed E-state index contributed by atoms with van der Waals surface area (Å²) in [5.74, 6) is 0.721. The zero-order valence-electron chi connectivity index (χ0n) is 20.9. The van der Waals surface area contributed by atoms with Gasteiger partial charge in [0.05, 0.1) is 18.5 Å². The van der Waals surface area contributed by atoms with Crippen LogP contribution in [-0.4, -0.2) is 30.1 Å². The Hall–Kier alpha value is -3.91. The van der Waals surface area contributed by atoms with E-state index in [9.17, 15) is 13.2 Å². The first-order chi connectivity index (χ1) is 17.1. The van der Waals surface area contributed by atoms with Gasteiger partial charge in [-0.3, -0.25) is 9.10 Å². The van der Waals surface area contributed by atoms with Gasteiger partial charge in [-0.15, -0.1) is 0 Å². The molecule has 1 heterocycles. The second-order valence-electron chi connectivity index (χ2n) is 8.95. The van der Waals surface area contributed by atoms with Crippen LogP contribution in [0.1, 0.15) is 38.4 Å². The predicted octanol–water partition coefficient (Wildman–Crippen LogP) is 4.69. The minimum Gasteiger partial charge on any atom is -0.348 e. The number of anilines is 1. The second kappa shape index (κ2) is 10.4. The summed E-state index contributed by atoms with van der Waals surface area (Å²) in [6.45, 7) is 6.37. The Balaban J connectivity index is 1.41. The largest absolute Gasteiger partial charge is 0.348 e. The molecule has 0 saturated heterocycles. The van der Waals surface area contributed by atoms with E-state index in [-0.39, 0.29) is 12.5 Å². The molecule has 3 aromatic carbocycles. The van der Waals surface area contributed by atoms with E-state index in [2.05, 4.69) is 10.3 Å². The number of benzene rings is 3. The minimum absolute atomic E-state index is 0.188. The lowest BCUT2D eigenvalue weighted by atomic mass is 10.1. The van der Waals surface area contributed by atoms with E-state index in [0.29, 0.717) is 17.8 Å².